The maximum Gasteiger partial charge on any atom is 0.357 e. The van der Waals surface area contributed by atoms with Gasteiger partial charge in [-0.25, -0.2) is 4.79 Å². The normalized spacial score (nSPS) is 9.00. The summed E-state index contributed by atoms with van der Waals surface area (Å²) < 4.78 is 5.59. The highest BCUT2D eigenvalue weighted by Gasteiger charge is 2.11. The van der Waals surface area contributed by atoms with Crippen LogP contribution in [0.25, 0.3) is 0 Å². The molecule has 0 unspecified atom stereocenters. The zero-order valence-corrected chi connectivity index (χ0v) is 6.52. The Morgan fingerprint density at radius 3 is 3.25 bits per heavy atom. The lowest BCUT2D eigenvalue weighted by Gasteiger charge is -1.98. The van der Waals surface area contributed by atoms with Crippen molar-refractivity contribution >= 4 is 5.97 Å². The van der Waals surface area contributed by atoms with E-state index in [1.807, 2.05) is 0 Å². The van der Waals surface area contributed by atoms with E-state index in [0.29, 0.717) is 0 Å². The molecule has 0 aliphatic heterocycles. The van der Waals surface area contributed by atoms with Crippen LogP contribution in [0, 0.1) is 11.5 Å². The third-order valence-electron chi connectivity index (χ3n) is 1.22. The lowest BCUT2D eigenvalue weighted by molar-refractivity contribution is 0.0516. The number of aromatic nitrogens is 2. The molecule has 0 N–H and O–H groups in total. The topological polar surface area (TPSA) is 67.9 Å². The molecule has 0 fully saturated rings. The summed E-state index contributed by atoms with van der Waals surface area (Å²) >= 11 is 0. The minimum absolute atomic E-state index is 0.152. The fourth-order valence-electron chi connectivity index (χ4n) is 0.743. The van der Waals surface area contributed by atoms with Crippen molar-refractivity contribution in [1.82, 2.24) is 9.78 Å². The number of nitriles is 1. The van der Waals surface area contributed by atoms with E-state index in [0.717, 1.165) is 4.68 Å². The van der Waals surface area contributed by atoms with Crippen LogP contribution in [-0.2, 0) is 4.74 Å². The Kier molecular flexibility index (Phi) is 2.43. The van der Waals surface area contributed by atoms with Crippen molar-refractivity contribution in [2.24, 2.45) is 0 Å². The van der Waals surface area contributed by atoms with Crippen molar-refractivity contribution in [1.29, 1.82) is 5.26 Å². The van der Waals surface area contributed by atoms with E-state index in [1.54, 1.807) is 13.1 Å². The van der Waals surface area contributed by atoms with Crippen LogP contribution in [-0.4, -0.2) is 22.4 Å². The molecule has 0 amide bonds. The van der Waals surface area contributed by atoms with E-state index in [1.165, 1.54) is 12.3 Å². The van der Waals surface area contributed by atoms with Gasteiger partial charge in [-0.15, -0.1) is 0 Å². The quantitative estimate of drug-likeness (QED) is 0.594. The molecule has 0 saturated carbocycles. The highest BCUT2D eigenvalue weighted by Crippen LogP contribution is 1.99. The lowest BCUT2D eigenvalue weighted by Crippen LogP contribution is -2.10. The van der Waals surface area contributed by atoms with Crippen LogP contribution in [0.1, 0.15) is 17.4 Å². The van der Waals surface area contributed by atoms with Crippen LogP contribution < -0.4 is 0 Å². The standard InChI is InChI=1S/C7H7N3O2/c1-2-12-7(11)6-3-4-9-10(6)5-8/h3-4H,2H2,1H3. The second-order valence-corrected chi connectivity index (χ2v) is 1.95. The molecule has 0 atom stereocenters. The molecule has 0 aliphatic carbocycles. The second kappa shape index (κ2) is 3.53. The van der Waals surface area contributed by atoms with Crippen molar-refractivity contribution in [2.45, 2.75) is 6.92 Å². The van der Waals surface area contributed by atoms with Gasteiger partial charge in [-0.2, -0.15) is 15.0 Å². The van der Waals surface area contributed by atoms with E-state index in [4.69, 9.17) is 5.26 Å². The molecule has 0 saturated heterocycles. The summed E-state index contributed by atoms with van der Waals surface area (Å²) in [7, 11) is 0. The van der Waals surface area contributed by atoms with E-state index < -0.39 is 5.97 Å². The van der Waals surface area contributed by atoms with E-state index >= 15 is 0 Å². The Morgan fingerprint density at radius 1 is 1.92 bits per heavy atom. The monoisotopic (exact) mass is 165 g/mol. The van der Waals surface area contributed by atoms with Gasteiger partial charge in [0.25, 0.3) is 0 Å². The van der Waals surface area contributed by atoms with Gasteiger partial charge >= 0.3 is 5.97 Å². The average molecular weight is 165 g/mol. The lowest BCUT2D eigenvalue weighted by atomic mass is 10.4. The summed E-state index contributed by atoms with van der Waals surface area (Å²) in [6.45, 7) is 1.99. The third-order valence-corrected chi connectivity index (χ3v) is 1.22. The van der Waals surface area contributed by atoms with Gasteiger partial charge < -0.3 is 4.74 Å². The maximum atomic E-state index is 11.1. The minimum atomic E-state index is -0.531. The zero-order chi connectivity index (χ0) is 8.97. The molecule has 0 bridgehead atoms. The largest absolute Gasteiger partial charge is 0.461 e. The molecule has 1 rings (SSSR count). The molecule has 1 aromatic heterocycles. The molecule has 62 valence electrons. The van der Waals surface area contributed by atoms with E-state index in [2.05, 4.69) is 9.84 Å². The Hall–Kier alpha value is -1.83. The predicted octanol–water partition coefficient (Wildman–Crippen LogP) is 0.389. The number of carbonyl (C=O) groups excluding carboxylic acids is 1. The second-order valence-electron chi connectivity index (χ2n) is 1.95. The number of hydrogen-bond acceptors (Lipinski definition) is 4. The van der Waals surface area contributed by atoms with Crippen LogP contribution in [0.2, 0.25) is 0 Å². The molecule has 1 heterocycles. The fourth-order valence-corrected chi connectivity index (χ4v) is 0.743. The summed E-state index contributed by atoms with van der Waals surface area (Å²) in [6.07, 6.45) is 3.09. The van der Waals surface area contributed by atoms with Gasteiger partial charge in [-0.05, 0) is 13.0 Å². The first-order valence-electron chi connectivity index (χ1n) is 3.41. The van der Waals surface area contributed by atoms with Crippen molar-refractivity contribution < 1.29 is 9.53 Å². The van der Waals surface area contributed by atoms with Gasteiger partial charge in [0, 0.05) is 0 Å². The Morgan fingerprint density at radius 2 is 2.67 bits per heavy atom. The molecule has 0 aromatic carbocycles. The van der Waals surface area contributed by atoms with Crippen LogP contribution in [0.5, 0.6) is 0 Å². The van der Waals surface area contributed by atoms with Gasteiger partial charge in [0.05, 0.1) is 12.8 Å². The fraction of sp³-hybridized carbons (Fsp3) is 0.286. The minimum Gasteiger partial charge on any atom is -0.461 e. The number of ether oxygens (including phenoxy) is 1. The van der Waals surface area contributed by atoms with Crippen LogP contribution in [0.4, 0.5) is 0 Å². The van der Waals surface area contributed by atoms with Crippen molar-refractivity contribution in [3.05, 3.63) is 18.0 Å². The first-order chi connectivity index (χ1) is 5.79. The van der Waals surface area contributed by atoms with Crippen LogP contribution in [0.3, 0.4) is 0 Å². The molecule has 0 aliphatic rings. The van der Waals surface area contributed by atoms with Crippen molar-refractivity contribution in [3.8, 4) is 6.19 Å². The molecule has 12 heavy (non-hydrogen) atoms. The Balaban J connectivity index is 2.88. The highest BCUT2D eigenvalue weighted by atomic mass is 16.5. The van der Waals surface area contributed by atoms with E-state index in [-0.39, 0.29) is 12.3 Å². The summed E-state index contributed by atoms with van der Waals surface area (Å²) in [5, 5.41) is 12.1. The molecule has 5 heteroatoms. The molecule has 0 radical (unpaired) electrons. The summed E-state index contributed by atoms with van der Waals surface area (Å²) in [4.78, 5) is 11.1. The van der Waals surface area contributed by atoms with Gasteiger partial charge in [-0.3, -0.25) is 0 Å². The third kappa shape index (κ3) is 1.42. The first-order valence-corrected chi connectivity index (χ1v) is 3.41. The summed E-state index contributed by atoms with van der Waals surface area (Å²) in [5.74, 6) is -0.531. The maximum absolute atomic E-state index is 11.1. The number of hydrogen-bond donors (Lipinski definition) is 0. The molecule has 1 aromatic rings. The average Bonchev–Trinajstić information content (AvgIpc) is 2.51. The number of rotatable bonds is 2. The highest BCUT2D eigenvalue weighted by molar-refractivity contribution is 5.87. The van der Waals surface area contributed by atoms with E-state index in [9.17, 15) is 4.79 Å². The summed E-state index contributed by atoms with van der Waals surface area (Å²) in [5.41, 5.74) is 0.152. The van der Waals surface area contributed by atoms with Crippen LogP contribution in [0.15, 0.2) is 12.3 Å². The van der Waals surface area contributed by atoms with Crippen molar-refractivity contribution in [3.63, 3.8) is 0 Å². The van der Waals surface area contributed by atoms with Gasteiger partial charge in [0.2, 0.25) is 6.19 Å². The first kappa shape index (κ1) is 8.27. The number of esters is 1. The van der Waals surface area contributed by atoms with Crippen LogP contribution >= 0.6 is 0 Å². The molecule has 0 spiro atoms. The van der Waals surface area contributed by atoms with Gasteiger partial charge in [0.1, 0.15) is 0 Å². The zero-order valence-electron chi connectivity index (χ0n) is 6.52. The number of carbonyl (C=O) groups is 1. The smallest absolute Gasteiger partial charge is 0.357 e. The number of nitrogens with zero attached hydrogens (tertiary/aromatic N) is 3. The van der Waals surface area contributed by atoms with Crippen molar-refractivity contribution in [2.75, 3.05) is 6.61 Å². The summed E-state index contributed by atoms with van der Waals surface area (Å²) in [6, 6.07) is 1.43. The Bertz CT molecular complexity index is 324. The Labute approximate surface area is 69.2 Å². The van der Waals surface area contributed by atoms with Gasteiger partial charge in [-0.1, -0.05) is 0 Å². The molecular weight excluding hydrogens is 158 g/mol. The SMILES string of the molecule is CCOC(=O)c1ccnn1C#N. The molecule has 5 nitrogen and oxygen atoms in total. The van der Waals surface area contributed by atoms with Gasteiger partial charge in [0.15, 0.2) is 5.69 Å². The predicted molar refractivity (Wildman–Crippen MR) is 39.2 cm³/mol. The molecular formula is C7H7N3O2.